The summed E-state index contributed by atoms with van der Waals surface area (Å²) in [6.45, 7) is 4.92. The highest BCUT2D eigenvalue weighted by Crippen LogP contribution is 2.36. The Kier molecular flexibility index (Phi) is 6.42. The van der Waals surface area contributed by atoms with Gasteiger partial charge in [-0.15, -0.1) is 0 Å². The summed E-state index contributed by atoms with van der Waals surface area (Å²) in [7, 11) is 2.68. The smallest absolute Gasteiger partial charge is 0.410 e. The molecular weight excluding hydrogens is 341 g/mol. The lowest BCUT2D eigenvalue weighted by Crippen LogP contribution is -2.38. The lowest BCUT2D eigenvalue weighted by Gasteiger charge is -2.27. The van der Waals surface area contributed by atoms with Crippen LogP contribution in [-0.4, -0.2) is 48.4 Å². The minimum absolute atomic E-state index is 0.0679. The summed E-state index contributed by atoms with van der Waals surface area (Å²) < 4.78 is 23.8. The zero-order chi connectivity index (χ0) is 18.7. The average molecular weight is 362 g/mol. The van der Waals surface area contributed by atoms with Crippen molar-refractivity contribution in [2.24, 2.45) is 0 Å². The number of methoxy groups -OCH3 is 1. The molecule has 134 valence electrons. The average Bonchev–Trinajstić information content (AvgIpc) is 2.45. The van der Waals surface area contributed by atoms with Crippen LogP contribution in [0.3, 0.4) is 0 Å². The highest BCUT2D eigenvalue weighted by Gasteiger charge is 2.30. The van der Waals surface area contributed by atoms with Crippen LogP contribution in [0.5, 0.6) is 5.75 Å². The number of carbonyl (C=O) groups is 2. The molecule has 24 heavy (non-hydrogen) atoms. The Morgan fingerprint density at radius 2 is 1.96 bits per heavy atom. The number of rotatable bonds is 5. The standard InChI is InChI=1S/C16H21ClFNO5/c1-16(2,3)24-15(22)19(4)8-10(14(20)21)9-6-7-11(18)12(17)13(9)23-5/h6-7,10H,8H2,1-5H3,(H,20,21). The predicted octanol–water partition coefficient (Wildman–Crippen LogP) is 3.52. The molecule has 1 rings (SSSR count). The van der Waals surface area contributed by atoms with Crippen LogP contribution < -0.4 is 4.74 Å². The highest BCUT2D eigenvalue weighted by atomic mass is 35.5. The molecule has 8 heteroatoms. The molecule has 1 amide bonds. The van der Waals surface area contributed by atoms with E-state index in [4.69, 9.17) is 21.1 Å². The van der Waals surface area contributed by atoms with Gasteiger partial charge in [0.25, 0.3) is 0 Å². The third kappa shape index (κ3) is 4.99. The molecule has 0 saturated carbocycles. The second-order valence-corrected chi connectivity index (χ2v) is 6.61. The topological polar surface area (TPSA) is 76.1 Å². The first kappa shape index (κ1) is 20.0. The van der Waals surface area contributed by atoms with E-state index in [-0.39, 0.29) is 22.9 Å². The molecule has 0 heterocycles. The van der Waals surface area contributed by atoms with E-state index in [9.17, 15) is 19.1 Å². The summed E-state index contributed by atoms with van der Waals surface area (Å²) in [4.78, 5) is 24.8. The van der Waals surface area contributed by atoms with Crippen molar-refractivity contribution in [2.75, 3.05) is 20.7 Å². The van der Waals surface area contributed by atoms with E-state index >= 15 is 0 Å². The number of carboxylic acid groups (broad SMARTS) is 1. The van der Waals surface area contributed by atoms with Gasteiger partial charge in [0.05, 0.1) is 7.11 Å². The molecule has 0 saturated heterocycles. The Morgan fingerprint density at radius 1 is 1.38 bits per heavy atom. The number of halogens is 2. The molecule has 1 atom stereocenters. The quantitative estimate of drug-likeness (QED) is 0.868. The summed E-state index contributed by atoms with van der Waals surface area (Å²) in [5, 5.41) is 9.19. The number of nitrogens with zero attached hydrogens (tertiary/aromatic N) is 1. The molecule has 1 aromatic carbocycles. The third-order valence-electron chi connectivity index (χ3n) is 3.12. The molecule has 0 bridgehead atoms. The van der Waals surface area contributed by atoms with Gasteiger partial charge in [-0.05, 0) is 26.8 Å². The Labute approximate surface area is 145 Å². The number of ether oxygens (including phenoxy) is 2. The van der Waals surface area contributed by atoms with Crippen molar-refractivity contribution in [1.82, 2.24) is 4.90 Å². The van der Waals surface area contributed by atoms with Crippen molar-refractivity contribution < 1.29 is 28.6 Å². The molecule has 0 aromatic heterocycles. The summed E-state index contributed by atoms with van der Waals surface area (Å²) in [6.07, 6.45) is -0.666. The predicted molar refractivity (Wildman–Crippen MR) is 87.2 cm³/mol. The Hall–Kier alpha value is -2.02. The number of carboxylic acids is 1. The Bertz CT molecular complexity index is 630. The van der Waals surface area contributed by atoms with Gasteiger partial charge in [0, 0.05) is 19.2 Å². The molecule has 0 fully saturated rings. The van der Waals surface area contributed by atoms with Crippen LogP contribution in [0.25, 0.3) is 0 Å². The Morgan fingerprint density at radius 3 is 2.42 bits per heavy atom. The van der Waals surface area contributed by atoms with E-state index in [2.05, 4.69) is 0 Å². The first-order chi connectivity index (χ1) is 11.0. The molecule has 1 unspecified atom stereocenters. The number of amides is 1. The maximum Gasteiger partial charge on any atom is 0.410 e. The van der Waals surface area contributed by atoms with Crippen molar-refractivity contribution in [3.63, 3.8) is 0 Å². The highest BCUT2D eigenvalue weighted by molar-refractivity contribution is 6.32. The van der Waals surface area contributed by atoms with E-state index in [1.165, 1.54) is 20.2 Å². The normalized spacial score (nSPS) is 12.5. The van der Waals surface area contributed by atoms with Crippen LogP contribution in [0.4, 0.5) is 9.18 Å². The van der Waals surface area contributed by atoms with Gasteiger partial charge in [-0.1, -0.05) is 17.7 Å². The summed E-state index contributed by atoms with van der Waals surface area (Å²) in [5.74, 6) is -3.15. The van der Waals surface area contributed by atoms with Crippen LogP contribution in [0.1, 0.15) is 32.3 Å². The van der Waals surface area contributed by atoms with E-state index < -0.39 is 29.4 Å². The van der Waals surface area contributed by atoms with Gasteiger partial charge in [-0.2, -0.15) is 0 Å². The van der Waals surface area contributed by atoms with E-state index in [0.29, 0.717) is 0 Å². The number of aliphatic carboxylic acids is 1. The SMILES string of the molecule is COc1c(C(CN(C)C(=O)OC(C)(C)C)C(=O)O)ccc(F)c1Cl. The maximum absolute atomic E-state index is 13.5. The molecule has 1 N–H and O–H groups in total. The van der Waals surface area contributed by atoms with Crippen molar-refractivity contribution in [3.8, 4) is 5.75 Å². The minimum Gasteiger partial charge on any atom is -0.495 e. The summed E-state index contributed by atoms with van der Waals surface area (Å²) in [6, 6.07) is 2.34. The van der Waals surface area contributed by atoms with Gasteiger partial charge in [0.2, 0.25) is 0 Å². The van der Waals surface area contributed by atoms with Gasteiger partial charge in [-0.25, -0.2) is 9.18 Å². The van der Waals surface area contributed by atoms with E-state index in [0.717, 1.165) is 11.0 Å². The Balaban J connectivity index is 3.11. The van der Waals surface area contributed by atoms with E-state index in [1.807, 2.05) is 0 Å². The van der Waals surface area contributed by atoms with Crippen LogP contribution in [0.15, 0.2) is 12.1 Å². The molecule has 0 radical (unpaired) electrons. The lowest BCUT2D eigenvalue weighted by atomic mass is 9.97. The van der Waals surface area contributed by atoms with Gasteiger partial charge >= 0.3 is 12.1 Å². The number of benzene rings is 1. The van der Waals surface area contributed by atoms with Crippen LogP contribution in [0.2, 0.25) is 5.02 Å². The van der Waals surface area contributed by atoms with Crippen LogP contribution in [-0.2, 0) is 9.53 Å². The third-order valence-corrected chi connectivity index (χ3v) is 3.47. The number of hydrogen-bond acceptors (Lipinski definition) is 4. The molecule has 0 aliphatic rings. The van der Waals surface area contributed by atoms with Gasteiger partial charge in [-0.3, -0.25) is 4.79 Å². The first-order valence-corrected chi connectivity index (χ1v) is 7.54. The van der Waals surface area contributed by atoms with Crippen LogP contribution in [0, 0.1) is 5.82 Å². The second-order valence-electron chi connectivity index (χ2n) is 6.24. The van der Waals surface area contributed by atoms with Gasteiger partial charge in [0.1, 0.15) is 28.1 Å². The van der Waals surface area contributed by atoms with Gasteiger partial charge in [0.15, 0.2) is 0 Å². The molecule has 0 spiro atoms. The molecular formula is C16H21ClFNO5. The van der Waals surface area contributed by atoms with Crippen molar-refractivity contribution in [1.29, 1.82) is 0 Å². The lowest BCUT2D eigenvalue weighted by molar-refractivity contribution is -0.139. The molecule has 0 aliphatic heterocycles. The van der Waals surface area contributed by atoms with Crippen LogP contribution >= 0.6 is 11.6 Å². The van der Waals surface area contributed by atoms with Crippen molar-refractivity contribution in [2.45, 2.75) is 32.3 Å². The maximum atomic E-state index is 13.5. The largest absolute Gasteiger partial charge is 0.495 e. The van der Waals surface area contributed by atoms with Crippen molar-refractivity contribution >= 4 is 23.7 Å². The van der Waals surface area contributed by atoms with Crippen molar-refractivity contribution in [3.05, 3.63) is 28.5 Å². The summed E-state index contributed by atoms with van der Waals surface area (Å²) in [5.41, 5.74) is -0.534. The molecule has 6 nitrogen and oxygen atoms in total. The molecule has 0 aliphatic carbocycles. The number of carbonyl (C=O) groups excluding carboxylic acids is 1. The molecule has 1 aromatic rings. The zero-order valence-corrected chi connectivity index (χ0v) is 15.0. The fraction of sp³-hybridized carbons (Fsp3) is 0.500. The zero-order valence-electron chi connectivity index (χ0n) is 14.2. The second kappa shape index (κ2) is 7.70. The minimum atomic E-state index is -1.20. The fourth-order valence-corrected chi connectivity index (χ4v) is 2.28. The first-order valence-electron chi connectivity index (χ1n) is 7.16. The number of hydrogen-bond donors (Lipinski definition) is 1. The fourth-order valence-electron chi connectivity index (χ4n) is 2.03. The summed E-state index contributed by atoms with van der Waals surface area (Å²) >= 11 is 5.84. The monoisotopic (exact) mass is 361 g/mol. The van der Waals surface area contributed by atoms with E-state index in [1.54, 1.807) is 20.8 Å². The number of likely N-dealkylation sites (N-methyl/N-ethyl adjacent to an activating group) is 1. The van der Waals surface area contributed by atoms with Gasteiger partial charge < -0.3 is 19.5 Å².